The number of para-hydroxylation sites is 4. The van der Waals surface area contributed by atoms with Gasteiger partial charge in [0, 0.05) is 33.5 Å². The zero-order valence-electron chi connectivity index (χ0n) is 47.1. The highest BCUT2D eigenvalue weighted by molar-refractivity contribution is 7.02. The molecule has 2 aliphatic heterocycles. The summed E-state index contributed by atoms with van der Waals surface area (Å²) in [7, 11) is 0. The van der Waals surface area contributed by atoms with Gasteiger partial charge < -0.3 is 0 Å². The van der Waals surface area contributed by atoms with E-state index in [2.05, 4.69) is 324 Å². The standard InChI is InChI=1S/C80H49BN6/c1-5-23-50(24-6-1)54-31-21-33-60(46-54)82-68-41-19-15-37-64(68)75-79(82)86-66-39-17-13-35-62(66)72-77(86)84(75)70-48-59(58-44-56(52-27-9-3-10-28-52)43-57(45-58)53-29-11-4-12-30-53)49-71-74(70)81(72)73-63-36-14-18-40-67(63)87-78(73)85(71)76-65-38-16-20-42-69(65)83(80(76)87)61-34-22-32-55(47-61)51-25-7-2-8-26-51/h1-49H. The fraction of sp³-hybridized carbons (Fsp3) is 0. The van der Waals surface area contributed by atoms with E-state index in [4.69, 9.17) is 0 Å². The van der Waals surface area contributed by atoms with E-state index < -0.39 is 0 Å². The molecule has 0 spiro atoms. The maximum absolute atomic E-state index is 2.68. The third-order valence-electron chi connectivity index (χ3n) is 19.1. The zero-order valence-corrected chi connectivity index (χ0v) is 47.1. The monoisotopic (exact) mass is 1100 g/mol. The molecule has 7 heteroatoms. The molecule has 18 aromatic rings. The molecule has 0 unspecified atom stereocenters. The number of hydrogen-bond acceptors (Lipinski definition) is 0. The van der Waals surface area contributed by atoms with Gasteiger partial charge in [0.15, 0.2) is 0 Å². The number of aromatic nitrogens is 6. The van der Waals surface area contributed by atoms with Crippen LogP contribution >= 0.6 is 0 Å². The molecule has 402 valence electrons. The van der Waals surface area contributed by atoms with Crippen molar-refractivity contribution >= 4 is 100 Å². The molecule has 0 N–H and O–H groups in total. The second-order valence-corrected chi connectivity index (χ2v) is 23.6. The average Bonchev–Trinajstić information content (AvgIpc) is 1.49. The maximum Gasteiger partial charge on any atom is 0.258 e. The molecule has 6 aromatic heterocycles. The van der Waals surface area contributed by atoms with Crippen molar-refractivity contribution in [1.29, 1.82) is 0 Å². The Kier molecular flexibility index (Phi) is 9.44. The Hall–Kier alpha value is -11.5. The molecule has 8 heterocycles. The van der Waals surface area contributed by atoms with Crippen LogP contribution in [0.25, 0.3) is 156 Å². The van der Waals surface area contributed by atoms with Crippen molar-refractivity contribution in [2.24, 2.45) is 0 Å². The maximum atomic E-state index is 2.68. The fourth-order valence-corrected chi connectivity index (χ4v) is 15.6. The van der Waals surface area contributed by atoms with Gasteiger partial charge in [0.2, 0.25) is 0 Å². The van der Waals surface area contributed by atoms with E-state index >= 15 is 0 Å². The largest absolute Gasteiger partial charge is 0.294 e. The molecule has 0 fully saturated rings. The quantitative estimate of drug-likeness (QED) is 0.142. The van der Waals surface area contributed by atoms with E-state index in [0.717, 1.165) is 44.8 Å². The van der Waals surface area contributed by atoms with Crippen molar-refractivity contribution in [3.63, 3.8) is 0 Å². The summed E-state index contributed by atoms with van der Waals surface area (Å²) in [6, 6.07) is 110. The highest BCUT2D eigenvalue weighted by Gasteiger charge is 2.47. The van der Waals surface area contributed by atoms with Gasteiger partial charge in [0.25, 0.3) is 6.71 Å². The molecule has 0 aliphatic carbocycles. The Morgan fingerprint density at radius 1 is 0.207 bits per heavy atom. The summed E-state index contributed by atoms with van der Waals surface area (Å²) in [5.41, 5.74) is 32.1. The molecule has 0 bridgehead atoms. The van der Waals surface area contributed by atoms with Crippen molar-refractivity contribution in [3.05, 3.63) is 297 Å². The molecule has 0 atom stereocenters. The third-order valence-corrected chi connectivity index (χ3v) is 19.1. The SMILES string of the molecule is c1ccc(-c2cc(-c3ccccc3)cc(-c3cc4c5c(c3)-n3c6c7ccccc7n(-c7cccc(-c8ccccc8)c7)c6n6c7ccccc7c(c36)B5c3c5ccccc5n5c3n-4c3c4ccccc4n(-c4cccc(-c6ccccc6)c4)c35)c2)cc1. The summed E-state index contributed by atoms with van der Waals surface area (Å²) < 4.78 is 15.7. The van der Waals surface area contributed by atoms with Gasteiger partial charge in [0.1, 0.15) is 22.6 Å². The van der Waals surface area contributed by atoms with E-state index in [1.165, 1.54) is 127 Å². The second kappa shape index (κ2) is 17.5. The molecule has 0 radical (unpaired) electrons. The molecule has 87 heavy (non-hydrogen) atoms. The normalized spacial score (nSPS) is 12.6. The lowest BCUT2D eigenvalue weighted by Gasteiger charge is -2.32. The van der Waals surface area contributed by atoms with Gasteiger partial charge in [-0.2, -0.15) is 0 Å². The van der Waals surface area contributed by atoms with Crippen LogP contribution in [0.1, 0.15) is 0 Å². The Morgan fingerprint density at radius 3 is 0.943 bits per heavy atom. The molecular formula is C80H49BN6. The molecule has 0 amide bonds. The van der Waals surface area contributed by atoms with Gasteiger partial charge in [-0.3, -0.25) is 27.1 Å². The summed E-state index contributed by atoms with van der Waals surface area (Å²) in [6.07, 6.45) is 0. The lowest BCUT2D eigenvalue weighted by Crippen LogP contribution is -2.59. The van der Waals surface area contributed by atoms with E-state index in [1.54, 1.807) is 0 Å². The lowest BCUT2D eigenvalue weighted by molar-refractivity contribution is 1.10. The van der Waals surface area contributed by atoms with Crippen LogP contribution in [0.5, 0.6) is 0 Å². The van der Waals surface area contributed by atoms with Gasteiger partial charge in [-0.15, -0.1) is 0 Å². The zero-order chi connectivity index (χ0) is 56.6. The highest BCUT2D eigenvalue weighted by Crippen LogP contribution is 2.47. The second-order valence-electron chi connectivity index (χ2n) is 23.6. The number of rotatable bonds is 7. The first-order valence-corrected chi connectivity index (χ1v) is 30.1. The molecule has 20 rings (SSSR count). The lowest BCUT2D eigenvalue weighted by atomic mass is 9.34. The van der Waals surface area contributed by atoms with E-state index in [9.17, 15) is 0 Å². The molecule has 0 saturated heterocycles. The van der Waals surface area contributed by atoms with Crippen LogP contribution in [0.2, 0.25) is 0 Å². The van der Waals surface area contributed by atoms with Crippen LogP contribution < -0.4 is 16.4 Å². The predicted molar refractivity (Wildman–Crippen MR) is 363 cm³/mol. The van der Waals surface area contributed by atoms with E-state index in [0.29, 0.717) is 0 Å². The first-order chi connectivity index (χ1) is 43.2. The molecule has 2 aliphatic rings. The summed E-state index contributed by atoms with van der Waals surface area (Å²) in [5.74, 6) is 0. The van der Waals surface area contributed by atoms with E-state index in [-0.39, 0.29) is 6.71 Å². The fourth-order valence-electron chi connectivity index (χ4n) is 15.6. The number of benzene rings is 12. The smallest absolute Gasteiger partial charge is 0.258 e. The average molecular weight is 1110 g/mol. The Morgan fingerprint density at radius 2 is 0.529 bits per heavy atom. The number of hydrogen-bond donors (Lipinski definition) is 0. The summed E-state index contributed by atoms with van der Waals surface area (Å²) in [4.78, 5) is 0. The third kappa shape index (κ3) is 6.33. The Bertz CT molecular complexity index is 5580. The van der Waals surface area contributed by atoms with Crippen molar-refractivity contribution in [2.45, 2.75) is 0 Å². The van der Waals surface area contributed by atoms with Crippen molar-refractivity contribution in [3.8, 4) is 78.4 Å². The van der Waals surface area contributed by atoms with Gasteiger partial charge in [-0.05, 0) is 162 Å². The van der Waals surface area contributed by atoms with Crippen molar-refractivity contribution < 1.29 is 0 Å². The van der Waals surface area contributed by atoms with Gasteiger partial charge >= 0.3 is 0 Å². The summed E-state index contributed by atoms with van der Waals surface area (Å²) in [5, 5.41) is 4.91. The predicted octanol–water partition coefficient (Wildman–Crippen LogP) is 17.8. The first kappa shape index (κ1) is 46.9. The number of imidazole rings is 2. The van der Waals surface area contributed by atoms with Crippen LogP contribution in [0, 0.1) is 0 Å². The Labute approximate surface area is 500 Å². The minimum Gasteiger partial charge on any atom is -0.294 e. The number of fused-ring (bicyclic) bond motifs is 20. The minimum atomic E-state index is -0.148. The van der Waals surface area contributed by atoms with Crippen LogP contribution in [-0.4, -0.2) is 33.8 Å². The first-order valence-electron chi connectivity index (χ1n) is 30.1. The topological polar surface area (TPSA) is 28.5 Å². The van der Waals surface area contributed by atoms with Crippen molar-refractivity contribution in [1.82, 2.24) is 27.1 Å². The minimum absolute atomic E-state index is 0.148. The van der Waals surface area contributed by atoms with Gasteiger partial charge in [0.05, 0.1) is 33.1 Å². The van der Waals surface area contributed by atoms with Crippen LogP contribution in [0.15, 0.2) is 297 Å². The van der Waals surface area contributed by atoms with E-state index in [1.807, 2.05) is 0 Å². The van der Waals surface area contributed by atoms with Crippen LogP contribution in [0.4, 0.5) is 0 Å². The van der Waals surface area contributed by atoms with Crippen LogP contribution in [0.3, 0.4) is 0 Å². The van der Waals surface area contributed by atoms with Gasteiger partial charge in [-0.25, -0.2) is 0 Å². The number of nitrogens with zero attached hydrogens (tertiary/aromatic N) is 6. The summed E-state index contributed by atoms with van der Waals surface area (Å²) >= 11 is 0. The Balaban J connectivity index is 0.982. The van der Waals surface area contributed by atoms with Crippen molar-refractivity contribution in [2.75, 3.05) is 0 Å². The molecular weight excluding hydrogens is 1060 g/mol. The molecule has 12 aromatic carbocycles. The van der Waals surface area contributed by atoms with Gasteiger partial charge in [-0.1, -0.05) is 218 Å². The summed E-state index contributed by atoms with van der Waals surface area (Å²) in [6.45, 7) is -0.148. The molecule has 6 nitrogen and oxygen atoms in total. The highest BCUT2D eigenvalue weighted by atomic mass is 15.2. The molecule has 0 saturated carbocycles. The van der Waals surface area contributed by atoms with Crippen LogP contribution in [-0.2, 0) is 0 Å².